The highest BCUT2D eigenvalue weighted by Crippen LogP contribution is 2.07. The van der Waals surface area contributed by atoms with Gasteiger partial charge in [0, 0.05) is 13.1 Å². The van der Waals surface area contributed by atoms with Gasteiger partial charge in [-0.25, -0.2) is 4.79 Å². The molecule has 2 aromatic rings. The first-order valence-electron chi connectivity index (χ1n) is 9.71. The molecular weight excluding hydrogens is 386 g/mol. The maximum absolute atomic E-state index is 11.7. The molecule has 0 heterocycles. The van der Waals surface area contributed by atoms with Crippen molar-refractivity contribution in [2.45, 2.75) is 38.5 Å². The molecule has 0 spiro atoms. The summed E-state index contributed by atoms with van der Waals surface area (Å²) in [6.07, 6.45) is 0.483. The lowest BCUT2D eigenvalue weighted by Crippen LogP contribution is -2.37. The summed E-state index contributed by atoms with van der Waals surface area (Å²) >= 11 is 0. The van der Waals surface area contributed by atoms with Crippen LogP contribution in [-0.2, 0) is 33.9 Å². The fraction of sp³-hybridized carbons (Fsp3) is 0.318. The van der Waals surface area contributed by atoms with E-state index in [1.165, 1.54) is 0 Å². The molecule has 8 nitrogen and oxygen atoms in total. The Labute approximate surface area is 175 Å². The van der Waals surface area contributed by atoms with Gasteiger partial charge >= 0.3 is 12.1 Å². The number of alkyl carbamates (subject to hydrolysis) is 1. The Bertz CT molecular complexity index is 824. The molecule has 2 rings (SSSR count). The number of carbonyl (C=O) groups is 3. The second-order valence-electron chi connectivity index (χ2n) is 6.86. The zero-order valence-electron chi connectivity index (χ0n) is 16.7. The number of aliphatic carboxylic acids is 1. The van der Waals surface area contributed by atoms with E-state index in [9.17, 15) is 19.5 Å². The molecule has 0 unspecified atom stereocenters. The van der Waals surface area contributed by atoms with Crippen molar-refractivity contribution in [3.63, 3.8) is 0 Å². The first-order chi connectivity index (χ1) is 14.4. The minimum atomic E-state index is -0.952. The van der Waals surface area contributed by atoms with Crippen molar-refractivity contribution in [2.24, 2.45) is 5.73 Å². The highest BCUT2D eigenvalue weighted by Gasteiger charge is 2.16. The number of amides is 2. The number of rotatable bonds is 12. The van der Waals surface area contributed by atoms with Crippen molar-refractivity contribution < 1.29 is 24.2 Å². The Morgan fingerprint density at radius 1 is 0.967 bits per heavy atom. The van der Waals surface area contributed by atoms with Crippen molar-refractivity contribution in [1.29, 1.82) is 0 Å². The number of hydrogen-bond acceptors (Lipinski definition) is 5. The summed E-state index contributed by atoms with van der Waals surface area (Å²) in [5.41, 5.74) is 7.77. The smallest absolute Gasteiger partial charge is 0.407 e. The number of ether oxygens (including phenoxy) is 1. The molecule has 2 aromatic carbocycles. The van der Waals surface area contributed by atoms with E-state index in [1.807, 2.05) is 42.5 Å². The van der Waals surface area contributed by atoms with Gasteiger partial charge in [0.2, 0.25) is 5.91 Å². The maximum atomic E-state index is 11.7. The number of carboxylic acids is 1. The molecule has 0 aromatic heterocycles. The molecule has 0 radical (unpaired) electrons. The Balaban J connectivity index is 1.67. The third kappa shape index (κ3) is 8.74. The van der Waals surface area contributed by atoms with Gasteiger partial charge in [0.25, 0.3) is 0 Å². The summed E-state index contributed by atoms with van der Waals surface area (Å²) in [6.45, 7) is 0.880. The lowest BCUT2D eigenvalue weighted by Gasteiger charge is -2.15. The molecule has 30 heavy (non-hydrogen) atoms. The van der Waals surface area contributed by atoms with Crippen LogP contribution in [0.1, 0.15) is 29.5 Å². The van der Waals surface area contributed by atoms with Gasteiger partial charge in [-0.05, 0) is 29.5 Å². The standard InChI is InChI=1S/C22H27N3O5/c23-20(26)13-16-8-10-17(11-9-16)14-25-19(21(27)28)7-4-12-24-22(29)30-15-18-5-2-1-3-6-18/h1-3,5-6,8-11,19,25H,4,7,12-15H2,(H2,23,26)(H,24,29)(H,27,28)/t19-/m1/s1. The van der Waals surface area contributed by atoms with E-state index in [4.69, 9.17) is 10.5 Å². The van der Waals surface area contributed by atoms with E-state index in [0.29, 0.717) is 25.9 Å². The largest absolute Gasteiger partial charge is 0.480 e. The lowest BCUT2D eigenvalue weighted by atomic mass is 10.1. The molecule has 0 aliphatic carbocycles. The molecule has 0 fully saturated rings. The van der Waals surface area contributed by atoms with Crippen molar-refractivity contribution >= 4 is 18.0 Å². The zero-order chi connectivity index (χ0) is 21.8. The van der Waals surface area contributed by atoms with Crippen LogP contribution in [0, 0.1) is 0 Å². The molecule has 8 heteroatoms. The van der Waals surface area contributed by atoms with E-state index in [2.05, 4.69) is 10.6 Å². The number of hydrogen-bond donors (Lipinski definition) is 4. The summed E-state index contributed by atoms with van der Waals surface area (Å²) in [5, 5.41) is 15.0. The highest BCUT2D eigenvalue weighted by molar-refractivity contribution is 5.76. The molecule has 0 aliphatic heterocycles. The van der Waals surface area contributed by atoms with Gasteiger partial charge < -0.3 is 26.2 Å². The zero-order valence-corrected chi connectivity index (χ0v) is 16.7. The Morgan fingerprint density at radius 3 is 2.27 bits per heavy atom. The van der Waals surface area contributed by atoms with Crippen LogP contribution in [0.5, 0.6) is 0 Å². The van der Waals surface area contributed by atoms with Crippen molar-refractivity contribution in [3.05, 3.63) is 71.3 Å². The number of nitrogens with one attached hydrogen (secondary N) is 2. The van der Waals surface area contributed by atoms with Gasteiger partial charge in [0.1, 0.15) is 12.6 Å². The second-order valence-corrected chi connectivity index (χ2v) is 6.86. The van der Waals surface area contributed by atoms with Crippen molar-refractivity contribution in [1.82, 2.24) is 10.6 Å². The van der Waals surface area contributed by atoms with Crippen LogP contribution in [0.25, 0.3) is 0 Å². The summed E-state index contributed by atoms with van der Waals surface area (Å²) < 4.78 is 5.11. The van der Waals surface area contributed by atoms with Crippen LogP contribution in [0.15, 0.2) is 54.6 Å². The Morgan fingerprint density at radius 2 is 1.63 bits per heavy atom. The fourth-order valence-corrected chi connectivity index (χ4v) is 2.80. The van der Waals surface area contributed by atoms with Crippen LogP contribution in [0.2, 0.25) is 0 Å². The summed E-state index contributed by atoms with van der Waals surface area (Å²) in [6, 6.07) is 15.8. The predicted octanol–water partition coefficient (Wildman–Crippen LogP) is 1.96. The first-order valence-corrected chi connectivity index (χ1v) is 9.71. The molecule has 2 amide bonds. The van der Waals surface area contributed by atoms with Crippen LogP contribution in [0.4, 0.5) is 4.79 Å². The number of carbonyl (C=O) groups excluding carboxylic acids is 2. The predicted molar refractivity (Wildman–Crippen MR) is 111 cm³/mol. The molecule has 0 saturated heterocycles. The van der Waals surface area contributed by atoms with Gasteiger partial charge in [-0.3, -0.25) is 9.59 Å². The normalized spacial score (nSPS) is 11.5. The molecule has 0 bridgehead atoms. The first kappa shape index (κ1) is 22.9. The quantitative estimate of drug-likeness (QED) is 0.394. The number of primary amides is 1. The van der Waals surface area contributed by atoms with Gasteiger partial charge in [-0.1, -0.05) is 54.6 Å². The monoisotopic (exact) mass is 413 g/mol. The maximum Gasteiger partial charge on any atom is 0.407 e. The Hall–Kier alpha value is -3.39. The van der Waals surface area contributed by atoms with Gasteiger partial charge in [-0.2, -0.15) is 0 Å². The molecule has 0 saturated carbocycles. The number of carboxylic acid groups (broad SMARTS) is 1. The third-order valence-corrected chi connectivity index (χ3v) is 4.40. The van der Waals surface area contributed by atoms with Crippen molar-refractivity contribution in [3.8, 4) is 0 Å². The van der Waals surface area contributed by atoms with Crippen LogP contribution in [0.3, 0.4) is 0 Å². The van der Waals surface area contributed by atoms with E-state index < -0.39 is 24.0 Å². The summed E-state index contributed by atoms with van der Waals surface area (Å²) in [7, 11) is 0. The average molecular weight is 413 g/mol. The van der Waals surface area contributed by atoms with Crippen LogP contribution < -0.4 is 16.4 Å². The van der Waals surface area contributed by atoms with Gasteiger partial charge in [0.05, 0.1) is 6.42 Å². The molecular formula is C22H27N3O5. The van der Waals surface area contributed by atoms with Gasteiger partial charge in [0.15, 0.2) is 0 Å². The minimum Gasteiger partial charge on any atom is -0.480 e. The van der Waals surface area contributed by atoms with Gasteiger partial charge in [-0.15, -0.1) is 0 Å². The van der Waals surface area contributed by atoms with E-state index in [-0.39, 0.29) is 13.0 Å². The van der Waals surface area contributed by atoms with E-state index in [1.54, 1.807) is 12.1 Å². The van der Waals surface area contributed by atoms with Crippen molar-refractivity contribution in [2.75, 3.05) is 6.54 Å². The molecule has 0 aliphatic rings. The van der Waals surface area contributed by atoms with E-state index in [0.717, 1.165) is 16.7 Å². The SMILES string of the molecule is NC(=O)Cc1ccc(CN[C@H](CCCNC(=O)OCc2ccccc2)C(=O)O)cc1. The second kappa shape index (κ2) is 12.2. The third-order valence-electron chi connectivity index (χ3n) is 4.40. The summed E-state index contributed by atoms with van der Waals surface area (Å²) in [5.74, 6) is -1.35. The highest BCUT2D eigenvalue weighted by atomic mass is 16.5. The number of nitrogens with two attached hydrogens (primary N) is 1. The Kier molecular flexibility index (Phi) is 9.33. The van der Waals surface area contributed by atoms with E-state index >= 15 is 0 Å². The lowest BCUT2D eigenvalue weighted by molar-refractivity contribution is -0.139. The van der Waals surface area contributed by atoms with Crippen LogP contribution >= 0.6 is 0 Å². The summed E-state index contributed by atoms with van der Waals surface area (Å²) in [4.78, 5) is 34.1. The topological polar surface area (TPSA) is 131 Å². The molecule has 160 valence electrons. The number of benzene rings is 2. The van der Waals surface area contributed by atoms with Crippen LogP contribution in [-0.4, -0.2) is 35.7 Å². The fourth-order valence-electron chi connectivity index (χ4n) is 2.80. The molecule has 1 atom stereocenters. The minimum absolute atomic E-state index is 0.173. The molecule has 5 N–H and O–H groups in total. The average Bonchev–Trinajstić information content (AvgIpc) is 2.73.